The van der Waals surface area contributed by atoms with Gasteiger partial charge >= 0.3 is 5.97 Å². The normalized spacial score (nSPS) is 14.6. The van der Waals surface area contributed by atoms with Crippen LogP contribution in [0.1, 0.15) is 5.56 Å². The Morgan fingerprint density at radius 1 is 1.25 bits per heavy atom. The number of esters is 1. The van der Waals surface area contributed by atoms with Crippen molar-refractivity contribution in [1.82, 2.24) is 9.88 Å². The quantitative estimate of drug-likeness (QED) is 0.459. The fourth-order valence-electron chi connectivity index (χ4n) is 3.12. The molecule has 0 bridgehead atoms. The van der Waals surface area contributed by atoms with E-state index in [9.17, 15) is 14.9 Å². The highest BCUT2D eigenvalue weighted by Gasteiger charge is 2.19. The van der Waals surface area contributed by atoms with Gasteiger partial charge in [0.15, 0.2) is 0 Å². The van der Waals surface area contributed by atoms with Crippen LogP contribution in [0.4, 0.5) is 22.9 Å². The Balaban J connectivity index is 1.58. The van der Waals surface area contributed by atoms with E-state index in [1.165, 1.54) is 13.3 Å². The number of nitrogens with one attached hydrogen (secondary N) is 1. The average Bonchev–Trinajstić information content (AvgIpc) is 2.69. The predicted octanol–water partition coefficient (Wildman–Crippen LogP) is 2.34. The van der Waals surface area contributed by atoms with Gasteiger partial charge in [-0.1, -0.05) is 0 Å². The highest BCUT2D eigenvalue weighted by Crippen LogP contribution is 2.24. The van der Waals surface area contributed by atoms with Crippen LogP contribution in [0.5, 0.6) is 0 Å². The maximum absolute atomic E-state index is 11.4. The number of hydrogen-bond acceptors (Lipinski definition) is 8. The van der Waals surface area contributed by atoms with Crippen molar-refractivity contribution in [3.63, 3.8) is 0 Å². The molecule has 1 aromatic carbocycles. The number of nitrogens with zero attached hydrogens (tertiary/aromatic N) is 4. The van der Waals surface area contributed by atoms with Gasteiger partial charge in [0.05, 0.1) is 18.6 Å². The number of hydrogen-bond donors (Lipinski definition) is 1. The lowest BCUT2D eigenvalue weighted by Crippen LogP contribution is -2.48. The van der Waals surface area contributed by atoms with E-state index in [4.69, 9.17) is 4.74 Å². The molecule has 0 unspecified atom stereocenters. The Bertz CT molecular complexity index is 848. The van der Waals surface area contributed by atoms with Gasteiger partial charge in [-0.05, 0) is 37.3 Å². The van der Waals surface area contributed by atoms with E-state index in [2.05, 4.69) is 20.1 Å². The second kappa shape index (κ2) is 8.66. The molecule has 0 aliphatic carbocycles. The second-order valence-electron chi connectivity index (χ2n) is 6.62. The summed E-state index contributed by atoms with van der Waals surface area (Å²) >= 11 is 0. The van der Waals surface area contributed by atoms with Crippen LogP contribution < -0.4 is 10.2 Å². The van der Waals surface area contributed by atoms with Gasteiger partial charge in [0.25, 0.3) is 5.69 Å². The van der Waals surface area contributed by atoms with Gasteiger partial charge in [0.2, 0.25) is 0 Å². The Kier molecular flexibility index (Phi) is 6.05. The third kappa shape index (κ3) is 4.74. The van der Waals surface area contributed by atoms with Crippen molar-refractivity contribution in [2.75, 3.05) is 50.1 Å². The number of benzene rings is 1. The van der Waals surface area contributed by atoms with Gasteiger partial charge in [-0.25, -0.2) is 4.98 Å². The van der Waals surface area contributed by atoms with Crippen LogP contribution >= 0.6 is 0 Å². The third-order valence-corrected chi connectivity index (χ3v) is 4.74. The van der Waals surface area contributed by atoms with Crippen LogP contribution in [0.25, 0.3) is 0 Å². The minimum Gasteiger partial charge on any atom is -0.468 e. The van der Waals surface area contributed by atoms with E-state index < -0.39 is 4.92 Å². The molecule has 0 amide bonds. The molecule has 0 atom stereocenters. The molecule has 1 saturated heterocycles. The zero-order valence-electron chi connectivity index (χ0n) is 15.9. The first-order chi connectivity index (χ1) is 13.5. The lowest BCUT2D eigenvalue weighted by Gasteiger charge is -2.35. The molecule has 1 fully saturated rings. The number of anilines is 3. The number of aromatic nitrogens is 1. The Morgan fingerprint density at radius 2 is 1.93 bits per heavy atom. The Hall–Kier alpha value is -3.20. The fraction of sp³-hybridized carbons (Fsp3) is 0.368. The molecule has 3 rings (SSSR count). The summed E-state index contributed by atoms with van der Waals surface area (Å²) in [4.78, 5) is 30.3. The van der Waals surface area contributed by atoms with Gasteiger partial charge in [-0.15, -0.1) is 0 Å². The van der Waals surface area contributed by atoms with Crippen molar-refractivity contribution < 1.29 is 14.5 Å². The van der Waals surface area contributed by atoms with Gasteiger partial charge in [0.1, 0.15) is 12.0 Å². The van der Waals surface area contributed by atoms with Crippen LogP contribution in [-0.4, -0.2) is 60.6 Å². The summed E-state index contributed by atoms with van der Waals surface area (Å²) in [7, 11) is 1.40. The number of rotatable bonds is 6. The highest BCUT2D eigenvalue weighted by molar-refractivity contribution is 5.71. The van der Waals surface area contributed by atoms with Gasteiger partial charge in [-0.2, -0.15) is 0 Å². The molecule has 0 radical (unpaired) electrons. The number of ether oxygens (including phenoxy) is 1. The van der Waals surface area contributed by atoms with Gasteiger partial charge in [-0.3, -0.25) is 19.8 Å². The zero-order valence-corrected chi connectivity index (χ0v) is 15.9. The third-order valence-electron chi connectivity index (χ3n) is 4.74. The number of carbonyl (C=O) groups is 1. The molecule has 148 valence electrons. The van der Waals surface area contributed by atoms with Crippen LogP contribution in [0.2, 0.25) is 0 Å². The minimum absolute atomic E-state index is 0.00670. The van der Waals surface area contributed by atoms with Crippen molar-refractivity contribution >= 4 is 28.8 Å². The standard InChI is InChI=1S/C19H23N5O4/c1-14-11-18(20-12-17(14)24(26)27)21-15-3-5-16(6-4-15)23-9-7-22(8-10-23)13-19(25)28-2/h3-6,11-12H,7-10,13H2,1-2H3,(H,20,21). The first-order valence-electron chi connectivity index (χ1n) is 8.98. The molecular weight excluding hydrogens is 362 g/mol. The summed E-state index contributed by atoms with van der Waals surface area (Å²) in [5.41, 5.74) is 2.53. The largest absolute Gasteiger partial charge is 0.468 e. The zero-order chi connectivity index (χ0) is 20.1. The van der Waals surface area contributed by atoms with E-state index in [1.807, 2.05) is 24.3 Å². The first kappa shape index (κ1) is 19.6. The number of pyridine rings is 1. The monoisotopic (exact) mass is 385 g/mol. The highest BCUT2D eigenvalue weighted by atomic mass is 16.6. The Labute approximate surface area is 163 Å². The fourth-order valence-corrected chi connectivity index (χ4v) is 3.12. The number of methoxy groups -OCH3 is 1. The van der Waals surface area contributed by atoms with Gasteiger partial charge in [0, 0.05) is 43.1 Å². The molecule has 2 aromatic rings. The predicted molar refractivity (Wildman–Crippen MR) is 106 cm³/mol. The molecule has 2 heterocycles. The van der Waals surface area contributed by atoms with E-state index in [1.54, 1.807) is 13.0 Å². The van der Waals surface area contributed by atoms with E-state index in [0.717, 1.165) is 37.6 Å². The topological polar surface area (TPSA) is 101 Å². The van der Waals surface area contributed by atoms with Gasteiger partial charge < -0.3 is 15.0 Å². The number of aryl methyl sites for hydroxylation is 1. The van der Waals surface area contributed by atoms with Crippen molar-refractivity contribution in [3.05, 3.63) is 52.2 Å². The minimum atomic E-state index is -0.439. The van der Waals surface area contributed by atoms with Crippen LogP contribution in [0, 0.1) is 17.0 Å². The smallest absolute Gasteiger partial charge is 0.319 e. The molecule has 1 N–H and O–H groups in total. The molecule has 9 nitrogen and oxygen atoms in total. The number of piperazine rings is 1. The SMILES string of the molecule is COC(=O)CN1CCN(c2ccc(Nc3cc(C)c([N+](=O)[O-])cn3)cc2)CC1. The molecular formula is C19H23N5O4. The summed E-state index contributed by atoms with van der Waals surface area (Å²) < 4.78 is 4.71. The molecule has 1 aliphatic heterocycles. The molecule has 0 saturated carbocycles. The van der Waals surface area contributed by atoms with Crippen molar-refractivity contribution in [2.45, 2.75) is 6.92 Å². The maximum Gasteiger partial charge on any atom is 0.319 e. The second-order valence-corrected chi connectivity index (χ2v) is 6.62. The Morgan fingerprint density at radius 3 is 2.50 bits per heavy atom. The molecule has 28 heavy (non-hydrogen) atoms. The number of nitro groups is 1. The van der Waals surface area contributed by atoms with Crippen molar-refractivity contribution in [2.24, 2.45) is 0 Å². The molecule has 0 spiro atoms. The van der Waals surface area contributed by atoms with Crippen LogP contribution in [0.3, 0.4) is 0 Å². The van der Waals surface area contributed by atoms with Crippen LogP contribution in [-0.2, 0) is 9.53 Å². The molecule has 1 aromatic heterocycles. The maximum atomic E-state index is 11.4. The van der Waals surface area contributed by atoms with Crippen molar-refractivity contribution in [1.29, 1.82) is 0 Å². The molecule has 9 heteroatoms. The lowest BCUT2D eigenvalue weighted by atomic mass is 10.2. The molecule has 1 aliphatic rings. The summed E-state index contributed by atoms with van der Waals surface area (Å²) in [6.45, 7) is 5.31. The summed E-state index contributed by atoms with van der Waals surface area (Å²) in [6, 6.07) is 9.61. The number of carbonyl (C=O) groups excluding carboxylic acids is 1. The van der Waals surface area contributed by atoms with Crippen LogP contribution in [0.15, 0.2) is 36.5 Å². The van der Waals surface area contributed by atoms with Crippen molar-refractivity contribution in [3.8, 4) is 0 Å². The summed E-state index contributed by atoms with van der Waals surface area (Å²) in [5.74, 6) is 0.353. The summed E-state index contributed by atoms with van der Waals surface area (Å²) in [5, 5.41) is 14.0. The first-order valence-corrected chi connectivity index (χ1v) is 8.98. The summed E-state index contributed by atoms with van der Waals surface area (Å²) in [6.07, 6.45) is 1.26. The lowest BCUT2D eigenvalue weighted by molar-refractivity contribution is -0.385. The average molecular weight is 385 g/mol. The van der Waals surface area contributed by atoms with E-state index in [-0.39, 0.29) is 11.7 Å². The van der Waals surface area contributed by atoms with E-state index in [0.29, 0.717) is 17.9 Å². The van der Waals surface area contributed by atoms with E-state index >= 15 is 0 Å².